The molecule has 1 saturated carbocycles. The molecule has 0 bridgehead atoms. The van der Waals surface area contributed by atoms with Crippen molar-refractivity contribution in [3.8, 4) is 0 Å². The molecule has 1 unspecified atom stereocenters. The molecule has 1 atom stereocenters. The van der Waals surface area contributed by atoms with Crippen LogP contribution >= 0.6 is 0 Å². The van der Waals surface area contributed by atoms with Crippen LogP contribution in [0, 0.1) is 5.41 Å². The highest BCUT2D eigenvalue weighted by Crippen LogP contribution is 2.55. The fourth-order valence-electron chi connectivity index (χ4n) is 2.22. The van der Waals surface area contributed by atoms with Crippen LogP contribution < -0.4 is 5.32 Å². The number of aromatic nitrogens is 3. The van der Waals surface area contributed by atoms with Gasteiger partial charge in [0.25, 0.3) is 0 Å². The molecule has 0 aromatic carbocycles. The van der Waals surface area contributed by atoms with E-state index < -0.39 is 0 Å². The van der Waals surface area contributed by atoms with E-state index in [-0.39, 0.29) is 0 Å². The highest BCUT2D eigenvalue weighted by molar-refractivity contribution is 5.27. The zero-order valence-electron chi connectivity index (χ0n) is 7.82. The summed E-state index contributed by atoms with van der Waals surface area (Å²) in [5, 5.41) is 7.55. The molecule has 0 spiro atoms. The van der Waals surface area contributed by atoms with Gasteiger partial charge in [0.05, 0.1) is 6.04 Å². The number of hydrogen-bond donors (Lipinski definition) is 1. The normalized spacial score (nSPS) is 29.2. The van der Waals surface area contributed by atoms with Crippen LogP contribution in [0.1, 0.15) is 32.2 Å². The largest absolute Gasteiger partial charge is 0.354 e. The van der Waals surface area contributed by atoms with Crippen LogP contribution in [0.4, 0.5) is 5.95 Å². The third-order valence-corrected chi connectivity index (χ3v) is 3.41. The predicted molar refractivity (Wildman–Crippen MR) is 49.5 cm³/mol. The van der Waals surface area contributed by atoms with Gasteiger partial charge < -0.3 is 5.32 Å². The van der Waals surface area contributed by atoms with Crippen LogP contribution in [0.2, 0.25) is 0 Å². The lowest BCUT2D eigenvalue weighted by molar-refractivity contribution is 0.284. The first kappa shape index (κ1) is 7.35. The Balaban J connectivity index is 2.00. The molecule has 0 saturated heterocycles. The maximum Gasteiger partial charge on any atom is 0.221 e. The summed E-state index contributed by atoms with van der Waals surface area (Å²) < 4.78 is 2.07. The van der Waals surface area contributed by atoms with Gasteiger partial charge in [0.15, 0.2) is 0 Å². The van der Waals surface area contributed by atoms with Crippen LogP contribution in [0.15, 0.2) is 6.33 Å². The van der Waals surface area contributed by atoms with Gasteiger partial charge in [-0.2, -0.15) is 10.1 Å². The molecule has 1 aliphatic carbocycles. The second-order valence-corrected chi connectivity index (χ2v) is 4.41. The van der Waals surface area contributed by atoms with E-state index in [0.29, 0.717) is 11.5 Å². The molecule has 13 heavy (non-hydrogen) atoms. The molecule has 1 aromatic rings. The van der Waals surface area contributed by atoms with E-state index in [2.05, 4.69) is 27.0 Å². The second-order valence-electron chi connectivity index (χ2n) is 4.41. The van der Waals surface area contributed by atoms with Crippen LogP contribution in [0.5, 0.6) is 0 Å². The van der Waals surface area contributed by atoms with E-state index >= 15 is 0 Å². The van der Waals surface area contributed by atoms with Crippen molar-refractivity contribution in [2.24, 2.45) is 5.41 Å². The molecular weight excluding hydrogens is 164 g/mol. The Kier molecular flexibility index (Phi) is 1.27. The first-order valence-corrected chi connectivity index (χ1v) is 4.93. The Morgan fingerprint density at radius 2 is 2.46 bits per heavy atom. The molecule has 1 fully saturated rings. The van der Waals surface area contributed by atoms with Crippen molar-refractivity contribution in [2.45, 2.75) is 32.2 Å². The fraction of sp³-hybridized carbons (Fsp3) is 0.778. The summed E-state index contributed by atoms with van der Waals surface area (Å²) in [6, 6.07) is 0.575. The van der Waals surface area contributed by atoms with Crippen LogP contribution in [-0.2, 0) is 0 Å². The van der Waals surface area contributed by atoms with Gasteiger partial charge in [-0.25, -0.2) is 4.68 Å². The number of anilines is 1. The SMILES string of the molecule is CC1(C2CCNc3ncnn32)CC1. The number of nitrogens with one attached hydrogen (secondary N) is 1. The van der Waals surface area contributed by atoms with E-state index in [1.807, 2.05) is 0 Å². The monoisotopic (exact) mass is 178 g/mol. The third-order valence-electron chi connectivity index (χ3n) is 3.41. The second kappa shape index (κ2) is 2.25. The Bertz CT molecular complexity index is 326. The smallest absolute Gasteiger partial charge is 0.221 e. The van der Waals surface area contributed by atoms with Crippen LogP contribution in [0.25, 0.3) is 0 Å². The summed E-state index contributed by atoms with van der Waals surface area (Å²) in [7, 11) is 0. The van der Waals surface area contributed by atoms with Crippen molar-refractivity contribution in [1.82, 2.24) is 14.8 Å². The van der Waals surface area contributed by atoms with Gasteiger partial charge >= 0.3 is 0 Å². The van der Waals surface area contributed by atoms with Gasteiger partial charge in [-0.15, -0.1) is 0 Å². The average molecular weight is 178 g/mol. The maximum atomic E-state index is 4.29. The molecule has 0 radical (unpaired) electrons. The van der Waals surface area contributed by atoms with Crippen molar-refractivity contribution in [1.29, 1.82) is 0 Å². The molecular formula is C9H14N4. The minimum Gasteiger partial charge on any atom is -0.354 e. The van der Waals surface area contributed by atoms with Gasteiger partial charge in [0.1, 0.15) is 6.33 Å². The predicted octanol–water partition coefficient (Wildman–Crippen LogP) is 1.43. The molecule has 2 aliphatic rings. The molecule has 4 nitrogen and oxygen atoms in total. The van der Waals surface area contributed by atoms with Gasteiger partial charge in [-0.05, 0) is 24.7 Å². The lowest BCUT2D eigenvalue weighted by Gasteiger charge is -2.29. The van der Waals surface area contributed by atoms with Crippen LogP contribution in [0.3, 0.4) is 0 Å². The first-order valence-electron chi connectivity index (χ1n) is 4.93. The standard InChI is InChI=1S/C9H14N4/c1-9(3-4-9)7-2-5-10-8-11-6-12-13(7)8/h6-7H,2-5H2,1H3,(H,10,11,12). The van der Waals surface area contributed by atoms with Crippen molar-refractivity contribution in [2.75, 3.05) is 11.9 Å². The summed E-state index contributed by atoms with van der Waals surface area (Å²) in [5.74, 6) is 0.948. The summed E-state index contributed by atoms with van der Waals surface area (Å²) in [6.07, 6.45) is 5.52. The van der Waals surface area contributed by atoms with Gasteiger partial charge in [0.2, 0.25) is 5.95 Å². The van der Waals surface area contributed by atoms with Gasteiger partial charge in [-0.3, -0.25) is 0 Å². The summed E-state index contributed by atoms with van der Waals surface area (Å²) in [5.41, 5.74) is 0.505. The van der Waals surface area contributed by atoms with Crippen molar-refractivity contribution in [3.05, 3.63) is 6.33 Å². The van der Waals surface area contributed by atoms with Gasteiger partial charge in [-0.1, -0.05) is 6.92 Å². The average Bonchev–Trinajstić information content (AvgIpc) is 2.72. The minimum atomic E-state index is 0.505. The molecule has 1 aliphatic heterocycles. The van der Waals surface area contributed by atoms with Crippen molar-refractivity contribution in [3.63, 3.8) is 0 Å². The zero-order valence-corrected chi connectivity index (χ0v) is 7.82. The molecule has 70 valence electrons. The number of nitrogens with zero attached hydrogens (tertiary/aromatic N) is 3. The van der Waals surface area contributed by atoms with E-state index in [1.54, 1.807) is 6.33 Å². The van der Waals surface area contributed by atoms with E-state index in [9.17, 15) is 0 Å². The highest BCUT2D eigenvalue weighted by Gasteiger charge is 2.47. The quantitative estimate of drug-likeness (QED) is 0.707. The zero-order chi connectivity index (χ0) is 8.89. The summed E-state index contributed by atoms with van der Waals surface area (Å²) in [4.78, 5) is 4.19. The first-order chi connectivity index (χ1) is 6.30. The van der Waals surface area contributed by atoms with Crippen LogP contribution in [-0.4, -0.2) is 21.3 Å². The minimum absolute atomic E-state index is 0.505. The Morgan fingerprint density at radius 1 is 1.62 bits per heavy atom. The Morgan fingerprint density at radius 3 is 3.23 bits per heavy atom. The highest BCUT2D eigenvalue weighted by atomic mass is 15.4. The molecule has 4 heteroatoms. The number of hydrogen-bond acceptors (Lipinski definition) is 3. The fourth-order valence-corrected chi connectivity index (χ4v) is 2.22. The number of rotatable bonds is 1. The third kappa shape index (κ3) is 0.975. The topological polar surface area (TPSA) is 42.7 Å². The summed E-state index contributed by atoms with van der Waals surface area (Å²) >= 11 is 0. The lowest BCUT2D eigenvalue weighted by Crippen LogP contribution is -2.29. The van der Waals surface area contributed by atoms with E-state index in [0.717, 1.165) is 12.5 Å². The lowest BCUT2D eigenvalue weighted by atomic mass is 9.95. The Labute approximate surface area is 77.4 Å². The van der Waals surface area contributed by atoms with Gasteiger partial charge in [0, 0.05) is 6.54 Å². The van der Waals surface area contributed by atoms with Crippen molar-refractivity contribution < 1.29 is 0 Å². The van der Waals surface area contributed by atoms with E-state index in [1.165, 1.54) is 19.3 Å². The Hall–Kier alpha value is -1.06. The maximum absolute atomic E-state index is 4.29. The van der Waals surface area contributed by atoms with Crippen molar-refractivity contribution >= 4 is 5.95 Å². The van der Waals surface area contributed by atoms with E-state index in [4.69, 9.17) is 0 Å². The summed E-state index contributed by atoms with van der Waals surface area (Å²) in [6.45, 7) is 3.40. The molecule has 0 amide bonds. The molecule has 1 aromatic heterocycles. The molecule has 2 heterocycles. The molecule has 3 rings (SSSR count). The number of fused-ring (bicyclic) bond motifs is 1. The molecule has 1 N–H and O–H groups in total.